The van der Waals surface area contributed by atoms with E-state index in [0.29, 0.717) is 12.1 Å². The van der Waals surface area contributed by atoms with Crippen molar-refractivity contribution in [1.82, 2.24) is 4.90 Å². The molecule has 14 heavy (non-hydrogen) atoms. The average Bonchev–Trinajstić information content (AvgIpc) is 2.92. The van der Waals surface area contributed by atoms with Gasteiger partial charge in [0.2, 0.25) is 0 Å². The summed E-state index contributed by atoms with van der Waals surface area (Å²) in [5.74, 6) is -0.328. The molecule has 80 valence electrons. The highest BCUT2D eigenvalue weighted by Gasteiger charge is 2.47. The summed E-state index contributed by atoms with van der Waals surface area (Å²) >= 11 is 0. The van der Waals surface area contributed by atoms with E-state index in [1.54, 1.807) is 0 Å². The standard InChI is InChI=1S/C11H19NO2/c1-4-10(13)14-8-7-12-9-11(12,5-2)6-3/h4H,1,5-9H2,2-3H3. The smallest absolute Gasteiger partial charge is 0.330 e. The molecule has 1 aliphatic rings. The van der Waals surface area contributed by atoms with Crippen molar-refractivity contribution in [2.45, 2.75) is 32.2 Å². The lowest BCUT2D eigenvalue weighted by atomic mass is 10.0. The van der Waals surface area contributed by atoms with Gasteiger partial charge in [0.15, 0.2) is 0 Å². The van der Waals surface area contributed by atoms with E-state index >= 15 is 0 Å². The molecule has 0 aliphatic carbocycles. The Hall–Kier alpha value is -0.830. The molecule has 1 rings (SSSR count). The van der Waals surface area contributed by atoms with Crippen LogP contribution in [0.5, 0.6) is 0 Å². The lowest BCUT2D eigenvalue weighted by molar-refractivity contribution is -0.137. The molecule has 0 saturated carbocycles. The Balaban J connectivity index is 2.16. The third-order valence-corrected chi connectivity index (χ3v) is 3.14. The predicted octanol–water partition coefficient (Wildman–Crippen LogP) is 1.59. The summed E-state index contributed by atoms with van der Waals surface area (Å²) in [5.41, 5.74) is 0.403. The van der Waals surface area contributed by atoms with Gasteiger partial charge in [0, 0.05) is 24.7 Å². The molecule has 1 aliphatic heterocycles. The van der Waals surface area contributed by atoms with Crippen molar-refractivity contribution in [3.63, 3.8) is 0 Å². The number of ether oxygens (including phenoxy) is 1. The topological polar surface area (TPSA) is 29.3 Å². The van der Waals surface area contributed by atoms with Crippen LogP contribution >= 0.6 is 0 Å². The van der Waals surface area contributed by atoms with Crippen molar-refractivity contribution in [2.75, 3.05) is 19.7 Å². The molecule has 0 amide bonds. The summed E-state index contributed by atoms with van der Waals surface area (Å²) in [4.78, 5) is 13.1. The first kappa shape index (κ1) is 11.2. The monoisotopic (exact) mass is 197 g/mol. The zero-order valence-electron chi connectivity index (χ0n) is 9.08. The van der Waals surface area contributed by atoms with Gasteiger partial charge in [-0.25, -0.2) is 4.79 Å². The van der Waals surface area contributed by atoms with Crippen LogP contribution in [0.15, 0.2) is 12.7 Å². The van der Waals surface area contributed by atoms with Crippen LogP contribution in [0, 0.1) is 0 Å². The minimum atomic E-state index is -0.328. The summed E-state index contributed by atoms with van der Waals surface area (Å²) in [7, 11) is 0. The number of hydrogen-bond acceptors (Lipinski definition) is 3. The number of rotatable bonds is 6. The summed E-state index contributed by atoms with van der Waals surface area (Å²) in [6, 6.07) is 0. The molecule has 0 aromatic heterocycles. The van der Waals surface area contributed by atoms with E-state index in [2.05, 4.69) is 25.3 Å². The van der Waals surface area contributed by atoms with E-state index in [4.69, 9.17) is 4.74 Å². The van der Waals surface area contributed by atoms with Gasteiger partial charge in [0.25, 0.3) is 0 Å². The molecular weight excluding hydrogens is 178 g/mol. The van der Waals surface area contributed by atoms with Crippen molar-refractivity contribution in [1.29, 1.82) is 0 Å². The minimum Gasteiger partial charge on any atom is -0.461 e. The predicted molar refractivity (Wildman–Crippen MR) is 56.0 cm³/mol. The highest BCUT2D eigenvalue weighted by atomic mass is 16.5. The molecular formula is C11H19NO2. The lowest BCUT2D eigenvalue weighted by Gasteiger charge is -2.12. The Bertz CT molecular complexity index is 221. The molecule has 3 nitrogen and oxygen atoms in total. The summed E-state index contributed by atoms with van der Waals surface area (Å²) < 4.78 is 4.93. The van der Waals surface area contributed by atoms with E-state index in [1.807, 2.05) is 0 Å². The van der Waals surface area contributed by atoms with Crippen molar-refractivity contribution in [2.24, 2.45) is 0 Å². The molecule has 0 radical (unpaired) electrons. The fourth-order valence-electron chi connectivity index (χ4n) is 1.87. The zero-order chi connectivity index (χ0) is 10.6. The number of carbonyl (C=O) groups excluding carboxylic acids is 1. The minimum absolute atomic E-state index is 0.328. The third-order valence-electron chi connectivity index (χ3n) is 3.14. The van der Waals surface area contributed by atoms with Gasteiger partial charge in [-0.2, -0.15) is 0 Å². The van der Waals surface area contributed by atoms with Gasteiger partial charge in [-0.15, -0.1) is 0 Å². The molecule has 0 N–H and O–H groups in total. The van der Waals surface area contributed by atoms with Gasteiger partial charge in [-0.05, 0) is 12.8 Å². The fraction of sp³-hybridized carbons (Fsp3) is 0.727. The number of carbonyl (C=O) groups is 1. The Kier molecular flexibility index (Phi) is 3.69. The fourth-order valence-corrected chi connectivity index (χ4v) is 1.87. The Morgan fingerprint density at radius 1 is 1.57 bits per heavy atom. The molecule has 1 saturated heterocycles. The molecule has 1 atom stereocenters. The Labute approximate surface area is 85.7 Å². The first-order valence-electron chi connectivity index (χ1n) is 5.22. The number of hydrogen-bond donors (Lipinski definition) is 0. The molecule has 0 bridgehead atoms. The second kappa shape index (κ2) is 4.60. The van der Waals surface area contributed by atoms with Crippen molar-refractivity contribution >= 4 is 5.97 Å². The van der Waals surface area contributed by atoms with Crippen molar-refractivity contribution in [3.05, 3.63) is 12.7 Å². The highest BCUT2D eigenvalue weighted by Crippen LogP contribution is 2.37. The van der Waals surface area contributed by atoms with Crippen LogP contribution in [0.3, 0.4) is 0 Å². The van der Waals surface area contributed by atoms with Crippen LogP contribution in [-0.2, 0) is 9.53 Å². The van der Waals surface area contributed by atoms with E-state index in [-0.39, 0.29) is 5.97 Å². The van der Waals surface area contributed by atoms with Crippen LogP contribution in [0.2, 0.25) is 0 Å². The molecule has 0 aromatic carbocycles. The molecule has 0 aromatic rings. The van der Waals surface area contributed by atoms with Gasteiger partial charge in [0.05, 0.1) is 0 Å². The van der Waals surface area contributed by atoms with E-state index in [0.717, 1.165) is 13.1 Å². The summed E-state index contributed by atoms with van der Waals surface area (Å²) in [6.07, 6.45) is 3.56. The molecule has 1 fully saturated rings. The third kappa shape index (κ3) is 2.35. The van der Waals surface area contributed by atoms with E-state index in [1.165, 1.54) is 18.9 Å². The normalized spacial score (nSPS) is 22.9. The second-order valence-corrected chi connectivity index (χ2v) is 3.72. The number of nitrogens with zero attached hydrogens (tertiary/aromatic N) is 1. The van der Waals surface area contributed by atoms with Crippen LogP contribution < -0.4 is 0 Å². The summed E-state index contributed by atoms with van der Waals surface area (Å²) in [5, 5.41) is 0. The van der Waals surface area contributed by atoms with E-state index < -0.39 is 0 Å². The van der Waals surface area contributed by atoms with Gasteiger partial charge >= 0.3 is 5.97 Å². The van der Waals surface area contributed by atoms with Crippen LogP contribution in [0.25, 0.3) is 0 Å². The Morgan fingerprint density at radius 2 is 2.21 bits per heavy atom. The van der Waals surface area contributed by atoms with Crippen LogP contribution in [0.1, 0.15) is 26.7 Å². The van der Waals surface area contributed by atoms with Gasteiger partial charge in [-0.3, -0.25) is 4.90 Å². The van der Waals surface area contributed by atoms with Gasteiger partial charge in [-0.1, -0.05) is 20.4 Å². The maximum absolute atomic E-state index is 10.8. The quantitative estimate of drug-likeness (QED) is 0.368. The maximum Gasteiger partial charge on any atom is 0.330 e. The maximum atomic E-state index is 10.8. The van der Waals surface area contributed by atoms with Crippen molar-refractivity contribution < 1.29 is 9.53 Å². The lowest BCUT2D eigenvalue weighted by Crippen LogP contribution is -2.20. The zero-order valence-corrected chi connectivity index (χ0v) is 9.08. The highest BCUT2D eigenvalue weighted by molar-refractivity contribution is 5.81. The SMILES string of the molecule is C=CC(=O)OCCN1CC1(CC)CC. The Morgan fingerprint density at radius 3 is 2.64 bits per heavy atom. The van der Waals surface area contributed by atoms with Gasteiger partial charge in [0.1, 0.15) is 6.61 Å². The van der Waals surface area contributed by atoms with Crippen LogP contribution in [-0.4, -0.2) is 36.1 Å². The first-order chi connectivity index (χ1) is 6.68. The molecule has 3 heteroatoms. The second-order valence-electron chi connectivity index (χ2n) is 3.72. The largest absolute Gasteiger partial charge is 0.461 e. The number of esters is 1. The summed E-state index contributed by atoms with van der Waals surface area (Å²) in [6.45, 7) is 10.2. The van der Waals surface area contributed by atoms with E-state index in [9.17, 15) is 4.79 Å². The van der Waals surface area contributed by atoms with Crippen molar-refractivity contribution in [3.8, 4) is 0 Å². The van der Waals surface area contributed by atoms with Gasteiger partial charge < -0.3 is 4.74 Å². The first-order valence-corrected chi connectivity index (χ1v) is 5.22. The molecule has 1 heterocycles. The molecule has 0 spiro atoms. The van der Waals surface area contributed by atoms with Crippen LogP contribution in [0.4, 0.5) is 0 Å². The molecule has 1 unspecified atom stereocenters. The average molecular weight is 197 g/mol.